The molecule has 8 heteroatoms. The van der Waals surface area contributed by atoms with Crippen LogP contribution in [0.2, 0.25) is 0 Å². The summed E-state index contributed by atoms with van der Waals surface area (Å²) in [4.78, 5) is 13.5. The molecule has 0 bridgehead atoms. The average molecular weight is 469 g/mol. The Hall–Kier alpha value is -3.07. The number of carboxylic acid groups (broad SMARTS) is 1. The fraction of sp³-hybridized carbons (Fsp3) is 0.240. The van der Waals surface area contributed by atoms with E-state index in [4.69, 9.17) is 0 Å². The minimum absolute atomic E-state index is 0.0565. The summed E-state index contributed by atoms with van der Waals surface area (Å²) in [7, 11) is -3.70. The molecule has 4 rings (SSSR count). The lowest BCUT2D eigenvalue weighted by molar-refractivity contribution is -0.136. The van der Waals surface area contributed by atoms with E-state index in [0.717, 1.165) is 28.8 Å². The summed E-state index contributed by atoms with van der Waals surface area (Å²) < 4.78 is 40.6. The standard InChI is InChI=1S/C25H25FN2O4S/c26-22-9-11-23(12-10-22)33(31,32)28-15-13-27(14-16-28)25(20-6-2-1-3-7-20)21-8-4-5-19(17-21)18-24(29)30/h1-12,17,25H,13-16,18H2,(H,29,30)/t25-/m0/s1. The normalized spacial score (nSPS) is 16.4. The Kier molecular flexibility index (Phi) is 6.88. The number of hydrogen-bond donors (Lipinski definition) is 1. The van der Waals surface area contributed by atoms with Crippen LogP contribution in [0.15, 0.2) is 83.8 Å². The molecule has 0 aliphatic carbocycles. The van der Waals surface area contributed by atoms with Crippen molar-refractivity contribution in [1.82, 2.24) is 9.21 Å². The zero-order valence-corrected chi connectivity index (χ0v) is 18.8. The summed E-state index contributed by atoms with van der Waals surface area (Å²) in [6.45, 7) is 1.61. The third-order valence-corrected chi connectivity index (χ3v) is 7.74. The van der Waals surface area contributed by atoms with Crippen LogP contribution in [0.1, 0.15) is 22.7 Å². The lowest BCUT2D eigenvalue weighted by Gasteiger charge is -2.39. The summed E-state index contributed by atoms with van der Waals surface area (Å²) in [6.07, 6.45) is -0.0565. The minimum Gasteiger partial charge on any atom is -0.481 e. The number of sulfonamides is 1. The maximum Gasteiger partial charge on any atom is 0.307 e. The smallest absolute Gasteiger partial charge is 0.307 e. The number of rotatable bonds is 7. The van der Waals surface area contributed by atoms with Gasteiger partial charge < -0.3 is 5.11 Å². The maximum absolute atomic E-state index is 13.2. The number of halogens is 1. The molecule has 0 aromatic heterocycles. The van der Waals surface area contributed by atoms with E-state index in [-0.39, 0.29) is 17.4 Å². The van der Waals surface area contributed by atoms with Gasteiger partial charge in [0.1, 0.15) is 5.82 Å². The first-order valence-corrected chi connectivity index (χ1v) is 12.1. The highest BCUT2D eigenvalue weighted by atomic mass is 32.2. The van der Waals surface area contributed by atoms with Gasteiger partial charge in [-0.25, -0.2) is 12.8 Å². The van der Waals surface area contributed by atoms with E-state index >= 15 is 0 Å². The first-order valence-electron chi connectivity index (χ1n) is 10.7. The second-order valence-corrected chi connectivity index (χ2v) is 9.96. The predicted molar refractivity (Wildman–Crippen MR) is 123 cm³/mol. The Balaban J connectivity index is 1.58. The number of nitrogens with zero attached hydrogens (tertiary/aromatic N) is 2. The van der Waals surface area contributed by atoms with Crippen molar-refractivity contribution >= 4 is 16.0 Å². The zero-order chi connectivity index (χ0) is 23.4. The van der Waals surface area contributed by atoms with Crippen molar-refractivity contribution < 1.29 is 22.7 Å². The summed E-state index contributed by atoms with van der Waals surface area (Å²) in [6, 6.07) is 22.2. The van der Waals surface area contributed by atoms with Gasteiger partial charge in [-0.05, 0) is 41.0 Å². The highest BCUT2D eigenvalue weighted by Crippen LogP contribution is 2.31. The van der Waals surface area contributed by atoms with Crippen LogP contribution < -0.4 is 0 Å². The second kappa shape index (κ2) is 9.82. The van der Waals surface area contributed by atoms with Gasteiger partial charge in [0, 0.05) is 26.2 Å². The number of hydrogen-bond acceptors (Lipinski definition) is 4. The molecule has 3 aromatic rings. The van der Waals surface area contributed by atoms with Gasteiger partial charge in [0.2, 0.25) is 10.0 Å². The molecule has 0 saturated carbocycles. The van der Waals surface area contributed by atoms with E-state index in [1.807, 2.05) is 48.5 Å². The molecule has 1 aliphatic rings. The lowest BCUT2D eigenvalue weighted by atomic mass is 9.94. The fourth-order valence-electron chi connectivity index (χ4n) is 4.25. The Morgan fingerprint density at radius 3 is 2.15 bits per heavy atom. The monoisotopic (exact) mass is 468 g/mol. The molecule has 0 unspecified atom stereocenters. The SMILES string of the molecule is O=C(O)Cc1cccc([C@H](c2ccccc2)N2CCN(S(=O)(=O)c3ccc(F)cc3)CC2)c1. The van der Waals surface area contributed by atoms with Crippen LogP contribution in [0.25, 0.3) is 0 Å². The predicted octanol–water partition coefficient (Wildman–Crippen LogP) is 3.55. The van der Waals surface area contributed by atoms with Crippen LogP contribution in [0.3, 0.4) is 0 Å². The fourth-order valence-corrected chi connectivity index (χ4v) is 5.68. The van der Waals surface area contributed by atoms with Gasteiger partial charge in [-0.3, -0.25) is 9.69 Å². The Morgan fingerprint density at radius 1 is 0.879 bits per heavy atom. The molecule has 1 saturated heterocycles. The van der Waals surface area contributed by atoms with Crippen LogP contribution in [0.5, 0.6) is 0 Å². The molecule has 3 aromatic carbocycles. The third-order valence-electron chi connectivity index (χ3n) is 5.83. The van der Waals surface area contributed by atoms with E-state index in [9.17, 15) is 22.7 Å². The molecular weight excluding hydrogens is 443 g/mol. The van der Waals surface area contributed by atoms with Crippen molar-refractivity contribution in [3.8, 4) is 0 Å². The first-order chi connectivity index (χ1) is 15.8. The molecule has 1 aliphatic heterocycles. The summed E-state index contributed by atoms with van der Waals surface area (Å²) >= 11 is 0. The summed E-state index contributed by atoms with van der Waals surface area (Å²) in [5, 5.41) is 9.18. The number of benzene rings is 3. The van der Waals surface area contributed by atoms with Crippen LogP contribution in [0, 0.1) is 5.82 Å². The van der Waals surface area contributed by atoms with Gasteiger partial charge in [-0.15, -0.1) is 0 Å². The molecule has 0 radical (unpaired) electrons. The van der Waals surface area contributed by atoms with E-state index < -0.39 is 21.8 Å². The zero-order valence-electron chi connectivity index (χ0n) is 18.0. The van der Waals surface area contributed by atoms with Crippen LogP contribution in [-0.2, 0) is 21.2 Å². The quantitative estimate of drug-likeness (QED) is 0.574. The van der Waals surface area contributed by atoms with Gasteiger partial charge in [-0.2, -0.15) is 4.31 Å². The number of carbonyl (C=O) groups is 1. The van der Waals surface area contributed by atoms with Gasteiger partial charge in [0.25, 0.3) is 0 Å². The van der Waals surface area contributed by atoms with Crippen LogP contribution in [-0.4, -0.2) is 54.9 Å². The van der Waals surface area contributed by atoms with Gasteiger partial charge in [0.15, 0.2) is 0 Å². The second-order valence-electron chi connectivity index (χ2n) is 8.02. The van der Waals surface area contributed by atoms with Crippen molar-refractivity contribution in [2.75, 3.05) is 26.2 Å². The van der Waals surface area contributed by atoms with Crippen molar-refractivity contribution in [1.29, 1.82) is 0 Å². The van der Waals surface area contributed by atoms with Crippen molar-refractivity contribution in [2.45, 2.75) is 17.4 Å². The Morgan fingerprint density at radius 2 is 1.52 bits per heavy atom. The third kappa shape index (κ3) is 5.30. The van der Waals surface area contributed by atoms with E-state index in [2.05, 4.69) is 4.90 Å². The van der Waals surface area contributed by atoms with E-state index in [1.165, 1.54) is 16.4 Å². The molecule has 0 spiro atoms. The van der Waals surface area contributed by atoms with Crippen molar-refractivity contribution in [3.63, 3.8) is 0 Å². The largest absolute Gasteiger partial charge is 0.481 e. The summed E-state index contributed by atoms with van der Waals surface area (Å²) in [5.74, 6) is -1.36. The minimum atomic E-state index is -3.70. The van der Waals surface area contributed by atoms with Gasteiger partial charge >= 0.3 is 5.97 Å². The highest BCUT2D eigenvalue weighted by molar-refractivity contribution is 7.89. The number of carboxylic acids is 1. The number of piperazine rings is 1. The van der Waals surface area contributed by atoms with E-state index in [0.29, 0.717) is 26.2 Å². The summed E-state index contributed by atoms with van der Waals surface area (Å²) in [5.41, 5.74) is 2.74. The Labute approximate surface area is 192 Å². The topological polar surface area (TPSA) is 77.9 Å². The lowest BCUT2D eigenvalue weighted by Crippen LogP contribution is -2.49. The van der Waals surface area contributed by atoms with E-state index in [1.54, 1.807) is 6.07 Å². The maximum atomic E-state index is 13.2. The molecule has 0 amide bonds. The molecule has 6 nitrogen and oxygen atoms in total. The molecule has 33 heavy (non-hydrogen) atoms. The molecule has 1 atom stereocenters. The molecule has 1 N–H and O–H groups in total. The van der Waals surface area contributed by atoms with Crippen LogP contribution >= 0.6 is 0 Å². The molecule has 172 valence electrons. The average Bonchev–Trinajstić information content (AvgIpc) is 2.80. The molecular formula is C25H25FN2O4S. The Bertz CT molecular complexity index is 1210. The molecule has 1 heterocycles. The van der Waals surface area contributed by atoms with Crippen LogP contribution in [0.4, 0.5) is 4.39 Å². The first kappa shape index (κ1) is 23.1. The van der Waals surface area contributed by atoms with Gasteiger partial charge in [0.05, 0.1) is 17.4 Å². The van der Waals surface area contributed by atoms with Gasteiger partial charge in [-0.1, -0.05) is 54.6 Å². The highest BCUT2D eigenvalue weighted by Gasteiger charge is 2.32. The number of aliphatic carboxylic acids is 1. The van der Waals surface area contributed by atoms with Crippen molar-refractivity contribution in [3.05, 3.63) is 101 Å². The molecule has 1 fully saturated rings. The van der Waals surface area contributed by atoms with Crippen molar-refractivity contribution in [2.24, 2.45) is 0 Å².